The lowest BCUT2D eigenvalue weighted by molar-refractivity contribution is -0.141. The van der Waals surface area contributed by atoms with Gasteiger partial charge in [-0.1, -0.05) is 24.3 Å². The fourth-order valence-electron chi connectivity index (χ4n) is 2.93. The van der Waals surface area contributed by atoms with Crippen molar-refractivity contribution in [2.75, 3.05) is 26.4 Å². The Bertz CT molecular complexity index is 567. The van der Waals surface area contributed by atoms with Gasteiger partial charge in [-0.15, -0.1) is 0 Å². The zero-order valence-electron chi connectivity index (χ0n) is 11.8. The molecule has 2 heterocycles. The summed E-state index contributed by atoms with van der Waals surface area (Å²) in [6.07, 6.45) is 0.971. The predicted molar refractivity (Wildman–Crippen MR) is 75.4 cm³/mol. The summed E-state index contributed by atoms with van der Waals surface area (Å²) in [7, 11) is 0. The number of carbonyl (C=O) groups is 1. The third-order valence-electron chi connectivity index (χ3n) is 4.05. The molecule has 1 saturated heterocycles. The van der Waals surface area contributed by atoms with Crippen LogP contribution in [0.1, 0.15) is 23.7 Å². The lowest BCUT2D eigenvalue weighted by Crippen LogP contribution is -2.48. The molecule has 2 aliphatic rings. The maximum absolute atomic E-state index is 12.5. The Labute approximate surface area is 124 Å². The molecule has 5 heteroatoms. The molecule has 3 rings (SSSR count). The number of hydrogen-bond donors (Lipinski definition) is 0. The maximum atomic E-state index is 12.5. The molecule has 0 aliphatic carbocycles. The summed E-state index contributed by atoms with van der Waals surface area (Å²) >= 11 is 0. The zero-order chi connectivity index (χ0) is 14.7. The number of hydrogen-bond acceptors (Lipinski definition) is 4. The van der Waals surface area contributed by atoms with Crippen LogP contribution in [-0.4, -0.2) is 43.2 Å². The fraction of sp³-hybridized carbons (Fsp3) is 0.500. The molecule has 0 spiro atoms. The lowest BCUT2D eigenvalue weighted by Gasteiger charge is -2.33. The first kappa shape index (κ1) is 14.1. The van der Waals surface area contributed by atoms with Gasteiger partial charge in [0.2, 0.25) is 5.91 Å². The number of nitriles is 1. The molecule has 0 N–H and O–H groups in total. The Morgan fingerprint density at radius 2 is 2.24 bits per heavy atom. The van der Waals surface area contributed by atoms with Crippen molar-refractivity contribution in [2.24, 2.45) is 0 Å². The molecule has 2 aliphatic heterocycles. The molecular formula is C16H18N2O3. The van der Waals surface area contributed by atoms with E-state index < -0.39 is 6.04 Å². The van der Waals surface area contributed by atoms with Gasteiger partial charge in [0.05, 0.1) is 38.4 Å². The van der Waals surface area contributed by atoms with Crippen LogP contribution < -0.4 is 0 Å². The Balaban J connectivity index is 1.72. The average Bonchev–Trinajstić information content (AvgIpc) is 2.55. The Kier molecular flexibility index (Phi) is 4.18. The topological polar surface area (TPSA) is 62.6 Å². The van der Waals surface area contributed by atoms with Crippen LogP contribution in [0, 0.1) is 11.3 Å². The fourth-order valence-corrected chi connectivity index (χ4v) is 2.93. The van der Waals surface area contributed by atoms with Crippen LogP contribution in [0.3, 0.4) is 0 Å². The molecule has 1 aromatic carbocycles. The van der Waals surface area contributed by atoms with Gasteiger partial charge in [0, 0.05) is 6.54 Å². The minimum Gasteiger partial charge on any atom is -0.376 e. The van der Waals surface area contributed by atoms with E-state index in [2.05, 4.69) is 12.1 Å². The second kappa shape index (κ2) is 6.25. The van der Waals surface area contributed by atoms with Gasteiger partial charge in [-0.25, -0.2) is 0 Å². The van der Waals surface area contributed by atoms with Gasteiger partial charge in [-0.3, -0.25) is 4.79 Å². The van der Waals surface area contributed by atoms with Crippen LogP contribution in [-0.2, 0) is 20.7 Å². The molecular weight excluding hydrogens is 268 g/mol. The molecule has 0 bridgehead atoms. The number of benzene rings is 1. The highest BCUT2D eigenvalue weighted by atomic mass is 16.5. The Morgan fingerprint density at radius 3 is 3.10 bits per heavy atom. The van der Waals surface area contributed by atoms with Gasteiger partial charge in [0.25, 0.3) is 0 Å². The number of rotatable bonds is 2. The molecule has 1 fully saturated rings. The first-order valence-corrected chi connectivity index (χ1v) is 7.26. The van der Waals surface area contributed by atoms with E-state index in [9.17, 15) is 4.79 Å². The largest absolute Gasteiger partial charge is 0.376 e. The summed E-state index contributed by atoms with van der Waals surface area (Å²) in [5.74, 6) is -0.0356. The second-order valence-corrected chi connectivity index (χ2v) is 5.32. The smallest absolute Gasteiger partial charge is 0.226 e. The first-order valence-electron chi connectivity index (χ1n) is 7.26. The van der Waals surface area contributed by atoms with Crippen LogP contribution >= 0.6 is 0 Å². The van der Waals surface area contributed by atoms with Gasteiger partial charge in [0.15, 0.2) is 0 Å². The van der Waals surface area contributed by atoms with Crippen LogP contribution in [0.2, 0.25) is 0 Å². The summed E-state index contributed by atoms with van der Waals surface area (Å²) < 4.78 is 11.0. The molecule has 1 amide bonds. The van der Waals surface area contributed by atoms with Gasteiger partial charge in [0.1, 0.15) is 6.04 Å². The molecule has 5 nitrogen and oxygen atoms in total. The van der Waals surface area contributed by atoms with Gasteiger partial charge in [-0.05, 0) is 17.5 Å². The molecule has 110 valence electrons. The van der Waals surface area contributed by atoms with Gasteiger partial charge in [-0.2, -0.15) is 5.26 Å². The maximum Gasteiger partial charge on any atom is 0.226 e. The van der Waals surface area contributed by atoms with E-state index in [-0.39, 0.29) is 18.4 Å². The van der Waals surface area contributed by atoms with E-state index >= 15 is 0 Å². The predicted octanol–water partition coefficient (Wildman–Crippen LogP) is 1.44. The Hall–Kier alpha value is -1.90. The summed E-state index contributed by atoms with van der Waals surface area (Å²) in [4.78, 5) is 14.1. The second-order valence-electron chi connectivity index (χ2n) is 5.32. The quantitative estimate of drug-likeness (QED) is 0.825. The highest BCUT2D eigenvalue weighted by Crippen LogP contribution is 2.30. The van der Waals surface area contributed by atoms with Crippen molar-refractivity contribution in [3.63, 3.8) is 0 Å². The van der Waals surface area contributed by atoms with E-state index in [0.29, 0.717) is 26.4 Å². The minimum atomic E-state index is -0.481. The van der Waals surface area contributed by atoms with E-state index in [1.807, 2.05) is 18.2 Å². The number of carbonyl (C=O) groups excluding carboxylic acids is 1. The molecule has 0 saturated carbocycles. The van der Waals surface area contributed by atoms with E-state index in [1.165, 1.54) is 5.56 Å². The van der Waals surface area contributed by atoms with Crippen molar-refractivity contribution in [3.05, 3.63) is 35.4 Å². The molecule has 21 heavy (non-hydrogen) atoms. The van der Waals surface area contributed by atoms with E-state index in [0.717, 1.165) is 12.0 Å². The van der Waals surface area contributed by atoms with Crippen molar-refractivity contribution in [1.29, 1.82) is 5.26 Å². The summed E-state index contributed by atoms with van der Waals surface area (Å²) in [5, 5.41) is 9.12. The summed E-state index contributed by atoms with van der Waals surface area (Å²) in [6.45, 7) is 1.90. The molecule has 0 radical (unpaired) electrons. The van der Waals surface area contributed by atoms with Crippen LogP contribution in [0.25, 0.3) is 0 Å². The van der Waals surface area contributed by atoms with Crippen LogP contribution in [0.15, 0.2) is 24.3 Å². The molecule has 1 aromatic rings. The van der Waals surface area contributed by atoms with Gasteiger partial charge < -0.3 is 14.4 Å². The van der Waals surface area contributed by atoms with Crippen molar-refractivity contribution >= 4 is 5.91 Å². The number of morpholine rings is 1. The van der Waals surface area contributed by atoms with Crippen molar-refractivity contribution in [2.45, 2.75) is 25.0 Å². The molecule has 2 atom stereocenters. The van der Waals surface area contributed by atoms with E-state index in [4.69, 9.17) is 14.7 Å². The van der Waals surface area contributed by atoms with Gasteiger partial charge >= 0.3 is 0 Å². The van der Waals surface area contributed by atoms with Crippen molar-refractivity contribution < 1.29 is 14.3 Å². The standard InChI is InChI=1S/C16H18N2O3/c17-10-13-11-20-8-6-18(13)16(19)9-15-14-4-2-1-3-12(14)5-7-21-15/h1-4,13,15H,5-9,11H2/t13-,15-/m1/s1. The van der Waals surface area contributed by atoms with Crippen LogP contribution in [0.5, 0.6) is 0 Å². The average molecular weight is 286 g/mol. The van der Waals surface area contributed by atoms with Crippen molar-refractivity contribution in [3.8, 4) is 6.07 Å². The van der Waals surface area contributed by atoms with Crippen LogP contribution in [0.4, 0.5) is 0 Å². The monoisotopic (exact) mass is 286 g/mol. The number of amides is 1. The highest BCUT2D eigenvalue weighted by Gasteiger charge is 2.30. The van der Waals surface area contributed by atoms with Crippen molar-refractivity contribution in [1.82, 2.24) is 4.90 Å². The third-order valence-corrected chi connectivity index (χ3v) is 4.05. The highest BCUT2D eigenvalue weighted by molar-refractivity contribution is 5.78. The number of ether oxygens (including phenoxy) is 2. The SMILES string of the molecule is N#C[C@@H]1COCCN1C(=O)C[C@H]1OCCc2ccccc21. The number of nitrogens with zero attached hydrogens (tertiary/aromatic N) is 2. The normalized spacial score (nSPS) is 25.0. The minimum absolute atomic E-state index is 0.0356. The zero-order valence-corrected chi connectivity index (χ0v) is 11.8. The first-order chi connectivity index (χ1) is 10.3. The Morgan fingerprint density at radius 1 is 1.38 bits per heavy atom. The summed E-state index contributed by atoms with van der Waals surface area (Å²) in [6, 6.07) is 9.74. The third kappa shape index (κ3) is 2.92. The van der Waals surface area contributed by atoms with E-state index in [1.54, 1.807) is 4.90 Å². The summed E-state index contributed by atoms with van der Waals surface area (Å²) in [5.41, 5.74) is 2.35. The molecule has 0 unspecified atom stereocenters. The number of fused-ring (bicyclic) bond motifs is 1. The molecule has 0 aromatic heterocycles. The lowest BCUT2D eigenvalue weighted by atomic mass is 9.95.